The molecule has 4 amide bonds. The molecule has 4 atom stereocenters. The Hall–Kier alpha value is -6.17. The van der Waals surface area contributed by atoms with Gasteiger partial charge >= 0.3 is 6.09 Å². The Balaban J connectivity index is 0.937. The van der Waals surface area contributed by atoms with E-state index >= 15 is 8.78 Å². The molecule has 1 saturated heterocycles. The average Bonchev–Trinajstić information content (AvgIpc) is 3.83. The topological polar surface area (TPSA) is 200 Å². The predicted molar refractivity (Wildman–Crippen MR) is 229 cm³/mol. The summed E-state index contributed by atoms with van der Waals surface area (Å²) < 4.78 is 61.4. The summed E-state index contributed by atoms with van der Waals surface area (Å²) in [7, 11) is -2.15. The number of hydrogen-bond donors (Lipinski definition) is 4. The van der Waals surface area contributed by atoms with E-state index in [1.165, 1.54) is 19.2 Å². The summed E-state index contributed by atoms with van der Waals surface area (Å²) in [4.78, 5) is 69.5. The van der Waals surface area contributed by atoms with Gasteiger partial charge in [-0.25, -0.2) is 23.2 Å². The molecule has 0 radical (unpaired) electrons. The highest BCUT2D eigenvalue weighted by Gasteiger charge is 2.51. The number of sulfone groups is 1. The summed E-state index contributed by atoms with van der Waals surface area (Å²) in [6, 6.07) is 14.0. The molecule has 18 heteroatoms. The number of alkyl halides is 2. The number of halogens is 2. The molecule has 3 fully saturated rings. The van der Waals surface area contributed by atoms with Gasteiger partial charge < -0.3 is 35.1 Å². The molecule has 3 aromatic carbocycles. The van der Waals surface area contributed by atoms with Gasteiger partial charge in [-0.3, -0.25) is 14.4 Å². The van der Waals surface area contributed by atoms with E-state index in [2.05, 4.69) is 37.2 Å². The monoisotopic (exact) mass is 882 g/mol. The molecule has 0 unspecified atom stereocenters. The lowest BCUT2D eigenvalue weighted by molar-refractivity contribution is -0.139. The second-order valence-electron chi connectivity index (χ2n) is 17.8. The first kappa shape index (κ1) is 42.1. The molecule has 9 rings (SSSR count). The number of carbonyl (C=O) groups excluding carboxylic acids is 4. The summed E-state index contributed by atoms with van der Waals surface area (Å²) in [6.07, 6.45) is 6.83. The zero-order valence-corrected chi connectivity index (χ0v) is 35.9. The van der Waals surface area contributed by atoms with Crippen LogP contribution in [0.4, 0.5) is 13.6 Å². The quantitative estimate of drug-likeness (QED) is 0.0935. The van der Waals surface area contributed by atoms with E-state index in [0.29, 0.717) is 69.1 Å². The number of amides is 4. The van der Waals surface area contributed by atoms with Crippen molar-refractivity contribution in [2.75, 3.05) is 32.2 Å². The summed E-state index contributed by atoms with van der Waals surface area (Å²) in [5.74, 6) is -3.01. The van der Waals surface area contributed by atoms with Crippen LogP contribution in [0.2, 0.25) is 0 Å². The SMILES string of the molecule is COC(=O)NCC(=O)N(Cc1nc(-c2ccc3c(c2)C(F)(F)c2cc(-c4ccc5nc([C@@H]6[C@H]7CC[C@H](C7)N6C(=O)[C@H](CCS(C)(=O)=O)NC=O)[nH]c5c4)ccc2-3)c[nH]1)CC1(C)CC1. The van der Waals surface area contributed by atoms with E-state index in [1.54, 1.807) is 34.2 Å². The number of ether oxygens (including phenoxy) is 1. The normalized spacial score (nSPS) is 20.5. The fraction of sp³-hybridized carbons (Fsp3) is 0.422. The number of aromatic nitrogens is 4. The van der Waals surface area contributed by atoms with E-state index in [4.69, 9.17) is 4.98 Å². The molecule has 63 heavy (non-hydrogen) atoms. The number of fused-ring (bicyclic) bond motifs is 6. The van der Waals surface area contributed by atoms with Crippen LogP contribution in [0.15, 0.2) is 60.8 Å². The van der Waals surface area contributed by atoms with Gasteiger partial charge in [0.2, 0.25) is 18.2 Å². The number of rotatable bonds is 15. The number of imidazole rings is 2. The molecule has 0 spiro atoms. The number of likely N-dealkylation sites (tertiary alicyclic amines) is 1. The first-order valence-electron chi connectivity index (χ1n) is 21.1. The lowest BCUT2D eigenvalue weighted by atomic mass is 9.97. The Morgan fingerprint density at radius 2 is 1.71 bits per heavy atom. The Kier molecular flexibility index (Phi) is 10.6. The first-order valence-corrected chi connectivity index (χ1v) is 23.1. The van der Waals surface area contributed by atoms with E-state index < -0.39 is 33.9 Å². The number of alkyl carbamates (subject to hydrolysis) is 1. The smallest absolute Gasteiger partial charge is 0.407 e. The second-order valence-corrected chi connectivity index (χ2v) is 20.0. The number of aromatic amines is 2. The van der Waals surface area contributed by atoms with Gasteiger partial charge in [0, 0.05) is 41.7 Å². The number of H-pyrrole nitrogens is 2. The molecule has 4 aliphatic rings. The highest BCUT2D eigenvalue weighted by molar-refractivity contribution is 7.90. The third kappa shape index (κ3) is 8.16. The van der Waals surface area contributed by atoms with Crippen LogP contribution in [-0.4, -0.2) is 107 Å². The molecule has 15 nitrogen and oxygen atoms in total. The highest BCUT2D eigenvalue weighted by Crippen LogP contribution is 2.53. The molecule has 1 aliphatic heterocycles. The summed E-state index contributed by atoms with van der Waals surface area (Å²) in [5, 5.41) is 4.97. The highest BCUT2D eigenvalue weighted by atomic mass is 32.2. The van der Waals surface area contributed by atoms with E-state index in [1.807, 2.05) is 24.3 Å². The molecule has 2 saturated carbocycles. The van der Waals surface area contributed by atoms with Crippen molar-refractivity contribution in [3.63, 3.8) is 0 Å². The summed E-state index contributed by atoms with van der Waals surface area (Å²) in [6.45, 7) is 2.49. The number of piperidine rings is 1. The lowest BCUT2D eigenvalue weighted by Gasteiger charge is -2.36. The molecule has 3 heterocycles. The van der Waals surface area contributed by atoms with Gasteiger partial charge in [0.15, 0.2) is 0 Å². The van der Waals surface area contributed by atoms with E-state index in [9.17, 15) is 27.6 Å². The van der Waals surface area contributed by atoms with Crippen LogP contribution in [-0.2, 0) is 41.4 Å². The fourth-order valence-electron chi connectivity index (χ4n) is 9.61. The molecular formula is C45H48F2N8O7S. The largest absolute Gasteiger partial charge is 0.453 e. The molecule has 330 valence electrons. The average molecular weight is 883 g/mol. The standard InChI is InChI=1S/C45H48F2N8O7S/c1-44(13-14-44)23-54(39(57)21-49-43(59)62-2)22-38-48-20-37(51-38)27-6-10-31-30-9-5-25(17-32(30)45(46,47)33(31)18-27)26-7-11-34-36(19-26)53-41(52-34)40-28-4-8-29(16-28)55(40)42(58)35(50-24-56)12-15-63(3,60)61/h5-7,9-11,17-20,24,28-29,35,40H,4,8,12-16,21-23H2,1-3H3,(H,48,51)(H,49,59)(H,50,56)(H,52,53)/t28-,29+,35-,40-/m0/s1. The third-order valence-corrected chi connectivity index (χ3v) is 14.1. The van der Waals surface area contributed by atoms with Gasteiger partial charge in [-0.05, 0) is 96.4 Å². The van der Waals surface area contributed by atoms with Crippen LogP contribution in [0.1, 0.15) is 74.3 Å². The summed E-state index contributed by atoms with van der Waals surface area (Å²) >= 11 is 0. The van der Waals surface area contributed by atoms with Crippen LogP contribution >= 0.6 is 0 Å². The minimum absolute atomic E-state index is 0.0134. The van der Waals surface area contributed by atoms with Crippen molar-refractivity contribution < 1.29 is 41.1 Å². The Bertz CT molecular complexity index is 2770. The Morgan fingerprint density at radius 3 is 2.41 bits per heavy atom. The van der Waals surface area contributed by atoms with Crippen LogP contribution in [0.3, 0.4) is 0 Å². The third-order valence-electron chi connectivity index (χ3n) is 13.2. The zero-order valence-electron chi connectivity index (χ0n) is 35.0. The number of nitrogens with zero attached hydrogens (tertiary/aromatic N) is 4. The first-order chi connectivity index (χ1) is 30.0. The fourth-order valence-corrected chi connectivity index (χ4v) is 10.3. The van der Waals surface area contributed by atoms with Crippen LogP contribution in [0.25, 0.3) is 44.5 Å². The second kappa shape index (κ2) is 15.9. The molecule has 2 bridgehead atoms. The van der Waals surface area contributed by atoms with Gasteiger partial charge in [0.1, 0.15) is 34.1 Å². The molecule has 5 aromatic rings. The number of carbonyl (C=O) groups is 4. The van der Waals surface area contributed by atoms with Gasteiger partial charge in [-0.2, -0.15) is 8.78 Å². The van der Waals surface area contributed by atoms with Crippen molar-refractivity contribution in [3.05, 3.63) is 83.6 Å². The van der Waals surface area contributed by atoms with Crippen molar-refractivity contribution in [1.82, 2.24) is 40.4 Å². The number of benzene rings is 3. The Labute approximate surface area is 362 Å². The van der Waals surface area contributed by atoms with Gasteiger partial charge in [0.05, 0.1) is 42.2 Å². The van der Waals surface area contributed by atoms with Crippen molar-refractivity contribution >= 4 is 45.2 Å². The minimum Gasteiger partial charge on any atom is -0.453 e. The molecular weight excluding hydrogens is 835 g/mol. The van der Waals surface area contributed by atoms with Crippen LogP contribution in [0, 0.1) is 11.3 Å². The molecule has 4 N–H and O–H groups in total. The maximum Gasteiger partial charge on any atom is 0.407 e. The molecule has 2 aromatic heterocycles. The predicted octanol–water partition coefficient (Wildman–Crippen LogP) is 5.83. The number of hydrogen-bond acceptors (Lipinski definition) is 9. The van der Waals surface area contributed by atoms with Gasteiger partial charge in [-0.15, -0.1) is 0 Å². The molecule has 3 aliphatic carbocycles. The van der Waals surface area contributed by atoms with E-state index in [-0.39, 0.29) is 65.6 Å². The van der Waals surface area contributed by atoms with E-state index in [0.717, 1.165) is 38.4 Å². The number of methoxy groups -OCH3 is 1. The maximum absolute atomic E-state index is 16.5. The maximum atomic E-state index is 16.5. The van der Waals surface area contributed by atoms with Gasteiger partial charge in [0.25, 0.3) is 5.92 Å². The van der Waals surface area contributed by atoms with Crippen molar-refractivity contribution in [3.8, 4) is 33.5 Å². The number of nitrogens with one attached hydrogen (secondary N) is 4. The summed E-state index contributed by atoms with van der Waals surface area (Å²) in [5.41, 5.74) is 4.12. The van der Waals surface area contributed by atoms with Crippen molar-refractivity contribution in [2.24, 2.45) is 11.3 Å². The Morgan fingerprint density at radius 1 is 1.02 bits per heavy atom. The van der Waals surface area contributed by atoms with Gasteiger partial charge in [-0.1, -0.05) is 37.3 Å². The van der Waals surface area contributed by atoms with Crippen molar-refractivity contribution in [2.45, 2.75) is 76.0 Å². The van der Waals surface area contributed by atoms with Crippen molar-refractivity contribution in [1.29, 1.82) is 0 Å². The minimum atomic E-state index is -3.37. The van der Waals surface area contributed by atoms with Crippen LogP contribution < -0.4 is 10.6 Å². The zero-order chi connectivity index (χ0) is 44.4. The lowest BCUT2D eigenvalue weighted by Crippen LogP contribution is -2.50. The van der Waals surface area contributed by atoms with Crippen LogP contribution in [0.5, 0.6) is 0 Å².